The molecule has 18 heavy (non-hydrogen) atoms. The summed E-state index contributed by atoms with van der Waals surface area (Å²) in [6.07, 6.45) is 0.385. The summed E-state index contributed by atoms with van der Waals surface area (Å²) in [7, 11) is 0. The number of carbonyl (C=O) groups is 3. The number of hydrogen-bond donors (Lipinski definition) is 2. The van der Waals surface area contributed by atoms with Gasteiger partial charge in [0.15, 0.2) is 0 Å². The lowest BCUT2D eigenvalue weighted by Crippen LogP contribution is -2.32. The maximum Gasteiger partial charge on any atom is 0.320 e. The van der Waals surface area contributed by atoms with Gasteiger partial charge in [0.1, 0.15) is 6.04 Å². The molecule has 0 fully saturated rings. The smallest absolute Gasteiger partial charge is 0.320 e. The third-order valence-electron chi connectivity index (χ3n) is 1.77. The molecule has 0 aliphatic heterocycles. The van der Waals surface area contributed by atoms with E-state index in [1.54, 1.807) is 0 Å². The second kappa shape index (κ2) is 8.63. The van der Waals surface area contributed by atoms with Gasteiger partial charge in [0.25, 0.3) is 0 Å². The van der Waals surface area contributed by atoms with Gasteiger partial charge in [0, 0.05) is 0 Å². The van der Waals surface area contributed by atoms with Crippen LogP contribution in [0.15, 0.2) is 30.3 Å². The average molecular weight is 292 g/mol. The van der Waals surface area contributed by atoms with E-state index in [4.69, 9.17) is 10.8 Å². The summed E-state index contributed by atoms with van der Waals surface area (Å²) in [5.74, 6) is -0.959. The topological polar surface area (TPSA) is 97.5 Å². The third kappa shape index (κ3) is 7.78. The average Bonchev–Trinajstić information content (AvgIpc) is 2.30. The molecule has 0 amide bonds. The molecule has 0 spiro atoms. The van der Waals surface area contributed by atoms with Gasteiger partial charge in [-0.2, -0.15) is 0 Å². The van der Waals surface area contributed by atoms with Crippen LogP contribution in [-0.4, -0.2) is 27.6 Å². The molecule has 0 unspecified atom stereocenters. The number of carboxylic acid groups (broad SMARTS) is 1. The summed E-state index contributed by atoms with van der Waals surface area (Å²) < 4.78 is 0. The second-order valence-electron chi connectivity index (χ2n) is 3.18. The summed E-state index contributed by atoms with van der Waals surface area (Å²) in [6, 6.07) is 8.54. The van der Waals surface area contributed by atoms with Gasteiger partial charge >= 0.3 is 16.5 Å². The minimum atomic E-state index is -1.14. The fraction of sp³-hybridized carbons (Fsp3) is 0.182. The lowest BCUT2D eigenvalue weighted by atomic mass is 10.1. The summed E-state index contributed by atoms with van der Waals surface area (Å²) >= 11 is 8.98. The van der Waals surface area contributed by atoms with Crippen molar-refractivity contribution in [1.29, 1.82) is 0 Å². The predicted octanol–water partition coefficient (Wildman–Crippen LogP) is 1.16. The van der Waals surface area contributed by atoms with Crippen LogP contribution in [0.25, 0.3) is 0 Å². The normalized spacial score (nSPS) is 10.8. The SMILES string of the molecule is N[C@@H](Cc1ccccc1)C(=O)O.O=C(Cl)C(=O)Cl. The maximum absolute atomic E-state index is 10.4. The van der Waals surface area contributed by atoms with Crippen LogP contribution in [-0.2, 0) is 20.8 Å². The highest BCUT2D eigenvalue weighted by molar-refractivity contribution is 6.97. The van der Waals surface area contributed by atoms with Crippen molar-refractivity contribution in [1.82, 2.24) is 0 Å². The number of hydrogen-bond acceptors (Lipinski definition) is 4. The lowest BCUT2D eigenvalue weighted by Gasteiger charge is -2.04. The number of carbonyl (C=O) groups excluding carboxylic acids is 2. The zero-order valence-electron chi connectivity index (χ0n) is 9.18. The molecular weight excluding hydrogens is 281 g/mol. The number of nitrogens with two attached hydrogens (primary N) is 1. The molecule has 0 aromatic heterocycles. The second-order valence-corrected chi connectivity index (χ2v) is 3.87. The molecule has 1 aromatic carbocycles. The van der Waals surface area contributed by atoms with Gasteiger partial charge in [-0.15, -0.1) is 0 Å². The zero-order chi connectivity index (χ0) is 14.1. The Labute approximate surface area is 113 Å². The Morgan fingerprint density at radius 1 is 1.11 bits per heavy atom. The standard InChI is InChI=1S/C9H11NO2.C2Cl2O2/c10-8(9(11)12)6-7-4-2-1-3-5-7;3-1(5)2(4)6/h1-5,8H,6,10H2,(H,11,12);/t8-;/m0./s1. The predicted molar refractivity (Wildman–Crippen MR) is 67.5 cm³/mol. The highest BCUT2D eigenvalue weighted by atomic mass is 35.5. The fourth-order valence-corrected chi connectivity index (χ4v) is 0.955. The molecular formula is C11H11Cl2NO4. The highest BCUT2D eigenvalue weighted by Crippen LogP contribution is 2.01. The Morgan fingerprint density at radius 2 is 1.56 bits per heavy atom. The minimum Gasteiger partial charge on any atom is -0.480 e. The first kappa shape index (κ1) is 16.6. The van der Waals surface area contributed by atoms with Crippen LogP contribution in [0, 0.1) is 0 Å². The molecule has 1 aromatic rings. The number of halogens is 2. The molecule has 0 radical (unpaired) electrons. The molecule has 7 heteroatoms. The van der Waals surface area contributed by atoms with E-state index in [-0.39, 0.29) is 0 Å². The van der Waals surface area contributed by atoms with E-state index >= 15 is 0 Å². The van der Waals surface area contributed by atoms with Crippen LogP contribution in [0.1, 0.15) is 5.56 Å². The van der Waals surface area contributed by atoms with Crippen molar-refractivity contribution in [3.63, 3.8) is 0 Å². The first-order valence-corrected chi connectivity index (χ1v) is 5.51. The largest absolute Gasteiger partial charge is 0.480 e. The molecule has 98 valence electrons. The molecule has 3 N–H and O–H groups in total. The Bertz CT molecular complexity index is 410. The van der Waals surface area contributed by atoms with Crippen molar-refractivity contribution < 1.29 is 19.5 Å². The van der Waals surface area contributed by atoms with Crippen LogP contribution in [0.5, 0.6) is 0 Å². The molecule has 0 saturated carbocycles. The van der Waals surface area contributed by atoms with Crippen LogP contribution >= 0.6 is 23.2 Å². The van der Waals surface area contributed by atoms with E-state index in [1.165, 1.54) is 0 Å². The Hall–Kier alpha value is -1.43. The summed E-state index contributed by atoms with van der Waals surface area (Å²) in [5.41, 5.74) is 6.30. The molecule has 0 saturated heterocycles. The van der Waals surface area contributed by atoms with E-state index in [0.717, 1.165) is 5.56 Å². The van der Waals surface area contributed by atoms with Crippen molar-refractivity contribution in [3.8, 4) is 0 Å². The van der Waals surface area contributed by atoms with Crippen LogP contribution < -0.4 is 5.73 Å². The number of rotatable bonds is 4. The van der Waals surface area contributed by atoms with Gasteiger partial charge in [-0.1, -0.05) is 30.3 Å². The first-order chi connectivity index (χ1) is 8.34. The Morgan fingerprint density at radius 3 is 1.89 bits per heavy atom. The first-order valence-electron chi connectivity index (χ1n) is 4.76. The number of carboxylic acids is 1. The fourth-order valence-electron chi connectivity index (χ4n) is 0.955. The van der Waals surface area contributed by atoms with Crippen LogP contribution in [0.4, 0.5) is 0 Å². The van der Waals surface area contributed by atoms with Gasteiger partial charge in [0.05, 0.1) is 0 Å². The minimum absolute atomic E-state index is 0.385. The monoisotopic (exact) mass is 291 g/mol. The van der Waals surface area contributed by atoms with E-state index in [9.17, 15) is 14.4 Å². The van der Waals surface area contributed by atoms with E-state index < -0.39 is 22.5 Å². The van der Waals surface area contributed by atoms with E-state index in [2.05, 4.69) is 23.2 Å². The molecule has 0 bridgehead atoms. The molecule has 5 nitrogen and oxygen atoms in total. The molecule has 1 atom stereocenters. The van der Waals surface area contributed by atoms with Crippen molar-refractivity contribution in [2.24, 2.45) is 5.73 Å². The maximum atomic E-state index is 10.4. The summed E-state index contributed by atoms with van der Waals surface area (Å²) in [5, 5.41) is 6.23. The van der Waals surface area contributed by atoms with Gasteiger partial charge in [-0.25, -0.2) is 0 Å². The van der Waals surface area contributed by atoms with Gasteiger partial charge < -0.3 is 10.8 Å². The van der Waals surface area contributed by atoms with Crippen molar-refractivity contribution in [2.75, 3.05) is 0 Å². The quantitative estimate of drug-likeness (QED) is 0.641. The molecule has 1 rings (SSSR count). The van der Waals surface area contributed by atoms with Crippen LogP contribution in [0.3, 0.4) is 0 Å². The summed E-state index contributed by atoms with van der Waals surface area (Å²) in [4.78, 5) is 29.2. The van der Waals surface area contributed by atoms with Gasteiger partial charge in [0.2, 0.25) is 0 Å². The Balaban J connectivity index is 0.000000411. The highest BCUT2D eigenvalue weighted by Gasteiger charge is 2.10. The van der Waals surface area contributed by atoms with Crippen molar-refractivity contribution >= 4 is 39.7 Å². The molecule has 0 heterocycles. The Kier molecular flexibility index (Phi) is 7.94. The number of aliphatic carboxylic acids is 1. The van der Waals surface area contributed by atoms with E-state index in [0.29, 0.717) is 6.42 Å². The third-order valence-corrected chi connectivity index (χ3v) is 2.21. The van der Waals surface area contributed by atoms with Crippen molar-refractivity contribution in [2.45, 2.75) is 12.5 Å². The molecule has 0 aliphatic rings. The van der Waals surface area contributed by atoms with E-state index in [1.807, 2.05) is 30.3 Å². The lowest BCUT2D eigenvalue weighted by molar-refractivity contribution is -0.138. The van der Waals surface area contributed by atoms with Gasteiger partial charge in [-0.3, -0.25) is 14.4 Å². The van der Waals surface area contributed by atoms with Crippen LogP contribution in [0.2, 0.25) is 0 Å². The van der Waals surface area contributed by atoms with Gasteiger partial charge in [-0.05, 0) is 35.2 Å². The summed E-state index contributed by atoms with van der Waals surface area (Å²) in [6.45, 7) is 0. The van der Waals surface area contributed by atoms with Crippen molar-refractivity contribution in [3.05, 3.63) is 35.9 Å². The molecule has 0 aliphatic carbocycles. The number of benzene rings is 1. The zero-order valence-corrected chi connectivity index (χ0v) is 10.7.